The Morgan fingerprint density at radius 3 is 2.07 bits per heavy atom. The molecule has 3 heteroatoms. The lowest BCUT2D eigenvalue weighted by atomic mass is 9.70. The highest BCUT2D eigenvalue weighted by atomic mass is 28.3. The van der Waals surface area contributed by atoms with Crippen molar-refractivity contribution in [2.45, 2.75) is 38.9 Å². The molecule has 152 valence electrons. The summed E-state index contributed by atoms with van der Waals surface area (Å²) in [5.41, 5.74) is 4.00. The smallest absolute Gasteiger partial charge is 0.165 e. The third-order valence-electron chi connectivity index (χ3n) is 5.88. The van der Waals surface area contributed by atoms with Gasteiger partial charge in [0, 0.05) is 7.11 Å². The molecule has 0 fully saturated rings. The van der Waals surface area contributed by atoms with Gasteiger partial charge in [0.1, 0.15) is 0 Å². The van der Waals surface area contributed by atoms with Crippen molar-refractivity contribution >= 4 is 13.9 Å². The van der Waals surface area contributed by atoms with Crippen LogP contribution in [0.1, 0.15) is 17.5 Å². The van der Waals surface area contributed by atoms with Crippen LogP contribution in [0.15, 0.2) is 83.6 Å². The molecule has 0 spiro atoms. The largest absolute Gasteiger partial charge is 0.380 e. The molecule has 2 aromatic carbocycles. The summed E-state index contributed by atoms with van der Waals surface area (Å²) in [6.45, 7) is 11.8. The van der Waals surface area contributed by atoms with Gasteiger partial charge in [-0.2, -0.15) is 0 Å². The number of hydrogen-bond acceptors (Lipinski definition) is 2. The maximum atomic E-state index is 14.1. The number of rotatable bonds is 8. The highest BCUT2D eigenvalue weighted by Crippen LogP contribution is 2.49. The highest BCUT2D eigenvalue weighted by molar-refractivity contribution is 6.87. The molecular weight excluding hydrogens is 372 g/mol. The van der Waals surface area contributed by atoms with Crippen LogP contribution in [-0.2, 0) is 22.4 Å². The van der Waals surface area contributed by atoms with Gasteiger partial charge in [-0.15, -0.1) is 0 Å². The Morgan fingerprint density at radius 2 is 1.55 bits per heavy atom. The molecule has 2 aromatic rings. The normalized spacial score (nSPS) is 19.7. The Kier molecular flexibility index (Phi) is 6.40. The maximum Gasteiger partial charge on any atom is 0.165 e. The van der Waals surface area contributed by atoms with Crippen LogP contribution in [0.2, 0.25) is 19.6 Å². The van der Waals surface area contributed by atoms with Crippen molar-refractivity contribution in [1.29, 1.82) is 0 Å². The summed E-state index contributed by atoms with van der Waals surface area (Å²) in [6.07, 6.45) is 2.14. The molecule has 29 heavy (non-hydrogen) atoms. The topological polar surface area (TPSA) is 26.3 Å². The van der Waals surface area contributed by atoms with Crippen molar-refractivity contribution in [2.24, 2.45) is 5.41 Å². The zero-order chi connectivity index (χ0) is 21.1. The first kappa shape index (κ1) is 21.5. The Labute approximate surface area is 176 Å². The van der Waals surface area contributed by atoms with E-state index in [1.54, 1.807) is 7.11 Å². The first-order chi connectivity index (χ1) is 13.8. The predicted molar refractivity (Wildman–Crippen MR) is 124 cm³/mol. The lowest BCUT2D eigenvalue weighted by molar-refractivity contribution is -0.121. The SMILES string of the molecule is C=C(Cc1ccccc1)C1(Cc2ccccc2)CC(COC)=C([Si](C)(C)C)C1=O. The predicted octanol–water partition coefficient (Wildman–Crippen LogP) is 5.81. The van der Waals surface area contributed by atoms with Gasteiger partial charge >= 0.3 is 0 Å². The Balaban J connectivity index is 2.04. The van der Waals surface area contributed by atoms with Gasteiger partial charge in [-0.05, 0) is 41.2 Å². The molecule has 0 aliphatic heterocycles. The minimum absolute atomic E-state index is 0.286. The van der Waals surface area contributed by atoms with Crippen LogP contribution < -0.4 is 0 Å². The van der Waals surface area contributed by atoms with E-state index in [-0.39, 0.29) is 5.78 Å². The molecular formula is C26H32O2Si. The van der Waals surface area contributed by atoms with Gasteiger partial charge in [0.05, 0.1) is 20.1 Å². The number of benzene rings is 2. The molecule has 2 nitrogen and oxygen atoms in total. The van der Waals surface area contributed by atoms with Crippen molar-refractivity contribution in [2.75, 3.05) is 13.7 Å². The molecule has 0 aromatic heterocycles. The standard InChI is InChI=1S/C26H32O2Si/c1-20(16-21-12-8-6-9-13-21)26(17-22-14-10-7-11-15-22)18-23(19-28-2)24(25(26)27)29(3,4)5/h6-15H,1,16-19H2,2-5H3. The number of allylic oxidation sites excluding steroid dienone is 2. The van der Waals surface area contributed by atoms with Crippen LogP contribution in [0.5, 0.6) is 0 Å². The molecule has 0 heterocycles. The minimum Gasteiger partial charge on any atom is -0.380 e. The molecule has 3 rings (SSSR count). The van der Waals surface area contributed by atoms with Crippen LogP contribution in [0, 0.1) is 5.41 Å². The van der Waals surface area contributed by atoms with E-state index in [2.05, 4.69) is 50.5 Å². The van der Waals surface area contributed by atoms with Crippen molar-refractivity contribution < 1.29 is 9.53 Å². The third-order valence-corrected chi connectivity index (χ3v) is 7.97. The molecule has 1 aliphatic rings. The van der Waals surface area contributed by atoms with Crippen LogP contribution in [0.25, 0.3) is 0 Å². The lowest BCUT2D eigenvalue weighted by Gasteiger charge is -2.32. The summed E-state index contributed by atoms with van der Waals surface area (Å²) in [6, 6.07) is 20.7. The average molecular weight is 405 g/mol. The van der Waals surface area contributed by atoms with Gasteiger partial charge < -0.3 is 4.74 Å². The first-order valence-electron chi connectivity index (χ1n) is 10.3. The van der Waals surface area contributed by atoms with E-state index in [1.807, 2.05) is 36.4 Å². The van der Waals surface area contributed by atoms with Crippen LogP contribution in [0.4, 0.5) is 0 Å². The zero-order valence-electron chi connectivity index (χ0n) is 18.1. The van der Waals surface area contributed by atoms with Crippen molar-refractivity contribution in [3.63, 3.8) is 0 Å². The average Bonchev–Trinajstić information content (AvgIpc) is 2.96. The van der Waals surface area contributed by atoms with Gasteiger partial charge in [0.2, 0.25) is 0 Å². The van der Waals surface area contributed by atoms with Gasteiger partial charge in [-0.3, -0.25) is 4.79 Å². The van der Waals surface area contributed by atoms with E-state index >= 15 is 0 Å². The Morgan fingerprint density at radius 1 is 1.00 bits per heavy atom. The number of Topliss-reactive ketones (excluding diaryl/α,β-unsaturated/α-hetero) is 1. The molecule has 0 bridgehead atoms. The van der Waals surface area contributed by atoms with E-state index in [1.165, 1.54) is 16.7 Å². The molecule has 1 atom stereocenters. The number of carbonyl (C=O) groups is 1. The summed E-state index contributed by atoms with van der Waals surface area (Å²) in [4.78, 5) is 14.1. The summed E-state index contributed by atoms with van der Waals surface area (Å²) in [5, 5.41) is 1.06. The van der Waals surface area contributed by atoms with E-state index < -0.39 is 13.5 Å². The van der Waals surface area contributed by atoms with Crippen LogP contribution in [-0.4, -0.2) is 27.6 Å². The zero-order valence-corrected chi connectivity index (χ0v) is 19.1. The molecule has 1 unspecified atom stereocenters. The summed E-state index contributed by atoms with van der Waals surface area (Å²) < 4.78 is 5.52. The molecule has 0 radical (unpaired) electrons. The molecule has 0 saturated carbocycles. The van der Waals surface area contributed by atoms with Crippen LogP contribution in [0.3, 0.4) is 0 Å². The van der Waals surface area contributed by atoms with Gasteiger partial charge in [-0.1, -0.05) is 92.5 Å². The van der Waals surface area contributed by atoms with Gasteiger partial charge in [0.15, 0.2) is 5.78 Å². The van der Waals surface area contributed by atoms with E-state index in [0.717, 1.165) is 23.6 Å². The highest BCUT2D eigenvalue weighted by Gasteiger charge is 2.51. The molecule has 0 N–H and O–H groups in total. The van der Waals surface area contributed by atoms with Crippen molar-refractivity contribution in [3.05, 3.63) is 94.7 Å². The van der Waals surface area contributed by atoms with Gasteiger partial charge in [-0.25, -0.2) is 0 Å². The van der Waals surface area contributed by atoms with Crippen molar-refractivity contribution in [3.8, 4) is 0 Å². The third kappa shape index (κ3) is 4.52. The molecule has 0 saturated heterocycles. The Hall–Kier alpha value is -2.23. The monoisotopic (exact) mass is 404 g/mol. The molecule has 1 aliphatic carbocycles. The van der Waals surface area contributed by atoms with Crippen LogP contribution >= 0.6 is 0 Å². The first-order valence-corrected chi connectivity index (χ1v) is 13.8. The second-order valence-electron chi connectivity index (χ2n) is 9.18. The maximum absolute atomic E-state index is 14.1. The lowest BCUT2D eigenvalue weighted by Crippen LogP contribution is -2.38. The molecule has 0 amide bonds. The van der Waals surface area contributed by atoms with E-state index in [0.29, 0.717) is 13.0 Å². The van der Waals surface area contributed by atoms with E-state index in [4.69, 9.17) is 4.74 Å². The summed E-state index contributed by atoms with van der Waals surface area (Å²) in [5.74, 6) is 0.286. The van der Waals surface area contributed by atoms with E-state index in [9.17, 15) is 4.79 Å². The van der Waals surface area contributed by atoms with Crippen molar-refractivity contribution in [1.82, 2.24) is 0 Å². The second-order valence-corrected chi connectivity index (χ2v) is 14.2. The number of ketones is 1. The summed E-state index contributed by atoms with van der Waals surface area (Å²) in [7, 11) is -0.105. The quantitative estimate of drug-likeness (QED) is 0.410. The number of carbonyl (C=O) groups excluding carboxylic acids is 1. The number of ether oxygens (including phenoxy) is 1. The minimum atomic E-state index is -1.82. The fourth-order valence-corrected chi connectivity index (χ4v) is 6.75. The summed E-state index contributed by atoms with van der Waals surface area (Å²) >= 11 is 0. The number of methoxy groups -OCH3 is 1. The number of hydrogen-bond donors (Lipinski definition) is 0. The van der Waals surface area contributed by atoms with Gasteiger partial charge in [0.25, 0.3) is 0 Å². The Bertz CT molecular complexity index is 907. The fraction of sp³-hybridized carbons (Fsp3) is 0.346. The second kappa shape index (κ2) is 8.64. The fourth-order valence-electron chi connectivity index (χ4n) is 4.61.